The Balaban J connectivity index is 1.94. The van der Waals surface area contributed by atoms with Gasteiger partial charge >= 0.3 is 0 Å². The van der Waals surface area contributed by atoms with Crippen molar-refractivity contribution >= 4 is 11.6 Å². The van der Waals surface area contributed by atoms with Crippen molar-refractivity contribution < 1.29 is 0 Å². The number of halogens is 1. The highest BCUT2D eigenvalue weighted by molar-refractivity contribution is 6.29. The van der Waals surface area contributed by atoms with Gasteiger partial charge in [-0.2, -0.15) is 0 Å². The summed E-state index contributed by atoms with van der Waals surface area (Å²) < 4.78 is 0. The summed E-state index contributed by atoms with van der Waals surface area (Å²) in [5.41, 5.74) is 1.23. The van der Waals surface area contributed by atoms with E-state index in [9.17, 15) is 0 Å². The maximum atomic E-state index is 5.89. The van der Waals surface area contributed by atoms with E-state index >= 15 is 0 Å². The third-order valence-electron chi connectivity index (χ3n) is 2.38. The smallest absolute Gasteiger partial charge is 0.120 e. The van der Waals surface area contributed by atoms with Gasteiger partial charge in [0.15, 0.2) is 0 Å². The van der Waals surface area contributed by atoms with Crippen LogP contribution in [0, 0.1) is 0 Å². The quantitative estimate of drug-likeness (QED) is 0.604. The molecule has 0 saturated carbocycles. The van der Waals surface area contributed by atoms with E-state index in [-0.39, 0.29) is 12.2 Å². The maximum Gasteiger partial charge on any atom is 0.120 e. The number of hydrogen-bond acceptors (Lipinski definition) is 3. The Hall–Kier alpha value is -1.09. The minimum Gasteiger partial charge on any atom is -0.368 e. The van der Waals surface area contributed by atoms with Crippen LogP contribution in [-0.4, -0.2) is 12.2 Å². The molecule has 14 heavy (non-hydrogen) atoms. The van der Waals surface area contributed by atoms with E-state index in [0.29, 0.717) is 5.16 Å². The van der Waals surface area contributed by atoms with Gasteiger partial charge in [0.2, 0.25) is 0 Å². The maximum absolute atomic E-state index is 5.89. The lowest BCUT2D eigenvalue weighted by Crippen LogP contribution is -2.49. The molecule has 3 nitrogen and oxygen atoms in total. The highest BCUT2D eigenvalue weighted by atomic mass is 35.5. The van der Waals surface area contributed by atoms with Crippen LogP contribution in [0.25, 0.3) is 0 Å². The van der Waals surface area contributed by atoms with E-state index in [0.717, 1.165) is 6.42 Å². The van der Waals surface area contributed by atoms with Gasteiger partial charge in [-0.15, -0.1) is 0 Å². The third-order valence-corrected chi connectivity index (χ3v) is 2.62. The van der Waals surface area contributed by atoms with E-state index < -0.39 is 0 Å². The Bertz CT molecular complexity index is 306. The average Bonchev–Trinajstić information content (AvgIpc) is 2.66. The lowest BCUT2D eigenvalue weighted by atomic mass is 10.2. The number of rotatable bonds is 2. The molecule has 0 amide bonds. The molecule has 0 radical (unpaired) electrons. The van der Waals surface area contributed by atoms with E-state index in [1.165, 1.54) is 5.70 Å². The van der Waals surface area contributed by atoms with Crippen molar-refractivity contribution in [1.29, 1.82) is 0 Å². The first-order valence-electron chi connectivity index (χ1n) is 4.82. The fraction of sp³-hybridized carbons (Fsp3) is 0.400. The minimum atomic E-state index is 0.198. The van der Waals surface area contributed by atoms with Gasteiger partial charge in [-0.05, 0) is 12.5 Å². The van der Waals surface area contributed by atoms with Crippen LogP contribution >= 0.6 is 11.6 Å². The molecule has 0 bridgehead atoms. The van der Waals surface area contributed by atoms with Crippen molar-refractivity contribution in [1.82, 2.24) is 16.0 Å². The summed E-state index contributed by atoms with van der Waals surface area (Å²) in [6, 6.07) is 0.202. The Morgan fingerprint density at radius 3 is 2.93 bits per heavy atom. The van der Waals surface area contributed by atoms with E-state index in [2.05, 4.69) is 29.0 Å². The summed E-state index contributed by atoms with van der Waals surface area (Å²) in [7, 11) is 0. The monoisotopic (exact) mass is 211 g/mol. The first-order chi connectivity index (χ1) is 6.79. The molecular formula is C10H14ClN3. The molecule has 2 atom stereocenters. The Labute approximate surface area is 88.9 Å². The van der Waals surface area contributed by atoms with Gasteiger partial charge in [-0.3, -0.25) is 0 Å². The minimum absolute atomic E-state index is 0.198. The van der Waals surface area contributed by atoms with Crippen LogP contribution in [0.5, 0.6) is 0 Å². The normalized spacial score (nSPS) is 29.9. The highest BCUT2D eigenvalue weighted by Crippen LogP contribution is 2.12. The summed E-state index contributed by atoms with van der Waals surface area (Å²) in [6.45, 7) is 2.12. The molecule has 0 spiro atoms. The van der Waals surface area contributed by atoms with E-state index in [4.69, 9.17) is 11.6 Å². The van der Waals surface area contributed by atoms with E-state index in [1.807, 2.05) is 18.4 Å². The van der Waals surface area contributed by atoms with Crippen LogP contribution in [0.4, 0.5) is 0 Å². The zero-order chi connectivity index (χ0) is 9.97. The predicted molar refractivity (Wildman–Crippen MR) is 58.4 cm³/mol. The van der Waals surface area contributed by atoms with Crippen molar-refractivity contribution in [2.24, 2.45) is 0 Å². The number of nitrogens with one attached hydrogen (secondary N) is 3. The summed E-state index contributed by atoms with van der Waals surface area (Å²) in [6.07, 6.45) is 9.14. The molecule has 0 aromatic rings. The third kappa shape index (κ3) is 1.87. The van der Waals surface area contributed by atoms with Crippen molar-refractivity contribution in [2.45, 2.75) is 25.6 Å². The molecule has 3 N–H and O–H groups in total. The lowest BCUT2D eigenvalue weighted by Gasteiger charge is -2.25. The fourth-order valence-electron chi connectivity index (χ4n) is 1.58. The molecule has 0 fully saturated rings. The van der Waals surface area contributed by atoms with Gasteiger partial charge in [0.1, 0.15) is 11.3 Å². The van der Waals surface area contributed by atoms with Gasteiger partial charge in [0.25, 0.3) is 0 Å². The van der Waals surface area contributed by atoms with Crippen LogP contribution in [0.15, 0.2) is 35.3 Å². The van der Waals surface area contributed by atoms with Gasteiger partial charge in [-0.1, -0.05) is 30.7 Å². The van der Waals surface area contributed by atoms with Crippen LogP contribution in [-0.2, 0) is 0 Å². The number of allylic oxidation sites excluding steroid dienone is 3. The van der Waals surface area contributed by atoms with Crippen LogP contribution in [0.3, 0.4) is 0 Å². The number of hydrogen-bond donors (Lipinski definition) is 3. The SMILES string of the molecule is CCC1=CNC(C2C=CC=C(Cl)N2)N1. The second-order valence-electron chi connectivity index (χ2n) is 3.38. The molecule has 2 rings (SSSR count). The van der Waals surface area contributed by atoms with Gasteiger partial charge in [-0.25, -0.2) is 0 Å². The summed E-state index contributed by atoms with van der Waals surface area (Å²) in [4.78, 5) is 0. The molecule has 76 valence electrons. The molecule has 4 heteroatoms. The van der Waals surface area contributed by atoms with E-state index in [1.54, 1.807) is 0 Å². The number of dihydropyridines is 1. The summed E-state index contributed by atoms with van der Waals surface area (Å²) in [5, 5.41) is 10.5. The molecule has 2 aliphatic rings. The first-order valence-corrected chi connectivity index (χ1v) is 5.19. The average molecular weight is 212 g/mol. The largest absolute Gasteiger partial charge is 0.368 e. The van der Waals surface area contributed by atoms with Crippen molar-refractivity contribution in [2.75, 3.05) is 0 Å². The molecule has 2 unspecified atom stereocenters. The van der Waals surface area contributed by atoms with Crippen LogP contribution in [0.2, 0.25) is 0 Å². The molecule has 0 aliphatic carbocycles. The highest BCUT2D eigenvalue weighted by Gasteiger charge is 2.23. The molecule has 2 aliphatic heterocycles. The Morgan fingerprint density at radius 2 is 2.29 bits per heavy atom. The fourth-order valence-corrected chi connectivity index (χ4v) is 1.78. The summed E-state index contributed by atoms with van der Waals surface area (Å²) >= 11 is 5.89. The van der Waals surface area contributed by atoms with Gasteiger partial charge < -0.3 is 16.0 Å². The van der Waals surface area contributed by atoms with Crippen LogP contribution < -0.4 is 16.0 Å². The molecular weight excluding hydrogens is 198 g/mol. The molecule has 0 aromatic carbocycles. The zero-order valence-electron chi connectivity index (χ0n) is 8.05. The topological polar surface area (TPSA) is 36.1 Å². The van der Waals surface area contributed by atoms with Crippen LogP contribution in [0.1, 0.15) is 13.3 Å². The standard InChI is InChI=1S/C10H14ClN3/c1-2-7-6-12-10(13-7)8-4-3-5-9(11)14-8/h3-6,8,10,12-14H,2H2,1H3. The molecule has 0 aromatic heterocycles. The lowest BCUT2D eigenvalue weighted by molar-refractivity contribution is 0.461. The predicted octanol–water partition coefficient (Wildman–Crippen LogP) is 1.36. The van der Waals surface area contributed by atoms with Gasteiger partial charge in [0, 0.05) is 11.9 Å². The summed E-state index contributed by atoms with van der Waals surface area (Å²) in [5.74, 6) is 0. The second-order valence-corrected chi connectivity index (χ2v) is 3.79. The second kappa shape index (κ2) is 3.96. The van der Waals surface area contributed by atoms with Crippen molar-refractivity contribution in [3.05, 3.63) is 35.3 Å². The van der Waals surface area contributed by atoms with Crippen molar-refractivity contribution in [3.63, 3.8) is 0 Å². The van der Waals surface area contributed by atoms with Crippen molar-refractivity contribution in [3.8, 4) is 0 Å². The Kier molecular flexibility index (Phi) is 2.68. The van der Waals surface area contributed by atoms with Gasteiger partial charge in [0.05, 0.1) is 6.04 Å². The molecule has 2 heterocycles. The zero-order valence-corrected chi connectivity index (χ0v) is 8.81. The Morgan fingerprint density at radius 1 is 1.43 bits per heavy atom. The first kappa shape index (κ1) is 9.46. The molecule has 0 saturated heterocycles.